The van der Waals surface area contributed by atoms with Crippen molar-refractivity contribution >= 4 is 11.8 Å². The van der Waals surface area contributed by atoms with Crippen molar-refractivity contribution in [3.63, 3.8) is 0 Å². The summed E-state index contributed by atoms with van der Waals surface area (Å²) in [5.41, 5.74) is 3.88. The first-order chi connectivity index (χ1) is 13.4. The maximum atomic E-state index is 12.8. The number of hydrogen-bond donors (Lipinski definition) is 0. The molecule has 1 aromatic carbocycles. The van der Waals surface area contributed by atoms with Crippen LogP contribution >= 0.6 is 0 Å². The lowest BCUT2D eigenvalue weighted by atomic mass is 9.82. The Morgan fingerprint density at radius 1 is 1.18 bits per heavy atom. The molecule has 2 aliphatic rings. The quantitative estimate of drug-likeness (QED) is 0.523. The molecule has 0 spiro atoms. The number of carbonyl (C=O) groups is 2. The van der Waals surface area contributed by atoms with E-state index in [1.165, 1.54) is 12.7 Å². The van der Waals surface area contributed by atoms with Gasteiger partial charge in [-0.1, -0.05) is 49.8 Å². The summed E-state index contributed by atoms with van der Waals surface area (Å²) in [7, 11) is 1.38. The van der Waals surface area contributed by atoms with Gasteiger partial charge >= 0.3 is 5.97 Å². The molecule has 0 bridgehead atoms. The molecule has 28 heavy (non-hydrogen) atoms. The molecule has 0 saturated carbocycles. The van der Waals surface area contributed by atoms with E-state index in [2.05, 4.69) is 13.8 Å². The van der Waals surface area contributed by atoms with Gasteiger partial charge in [0.15, 0.2) is 5.78 Å². The van der Waals surface area contributed by atoms with Crippen molar-refractivity contribution in [1.29, 1.82) is 0 Å². The number of benzene rings is 1. The van der Waals surface area contributed by atoms with Crippen molar-refractivity contribution in [2.75, 3.05) is 7.11 Å². The molecule has 0 saturated heterocycles. The number of hydrogen-bond acceptors (Lipinski definition) is 4. The van der Waals surface area contributed by atoms with E-state index >= 15 is 0 Å². The summed E-state index contributed by atoms with van der Waals surface area (Å²) in [5, 5.41) is 0. The Labute approximate surface area is 166 Å². The van der Waals surface area contributed by atoms with Crippen LogP contribution in [0, 0.1) is 0 Å². The van der Waals surface area contributed by atoms with E-state index in [9.17, 15) is 9.59 Å². The highest BCUT2D eigenvalue weighted by Gasteiger charge is 2.47. The van der Waals surface area contributed by atoms with Gasteiger partial charge in [-0.3, -0.25) is 4.79 Å². The Morgan fingerprint density at radius 3 is 2.46 bits per heavy atom. The number of allylic oxidation sites excluding steroid dienone is 4. The van der Waals surface area contributed by atoms with Gasteiger partial charge in [0.1, 0.15) is 11.4 Å². The van der Waals surface area contributed by atoms with Gasteiger partial charge in [-0.2, -0.15) is 0 Å². The lowest BCUT2D eigenvalue weighted by Crippen LogP contribution is -2.34. The summed E-state index contributed by atoms with van der Waals surface area (Å²) < 4.78 is 11.3. The SMILES string of the molecule is CCC(CC)=C1C=C(C2(Cc3ccccc3)CC(C(=O)OC)=C(C)O2)CC1=O. The molecule has 1 heterocycles. The fourth-order valence-corrected chi connectivity index (χ4v) is 4.25. The molecule has 0 fully saturated rings. The summed E-state index contributed by atoms with van der Waals surface area (Å²) >= 11 is 0. The van der Waals surface area contributed by atoms with Gasteiger partial charge in [-0.05, 0) is 37.0 Å². The van der Waals surface area contributed by atoms with Gasteiger partial charge in [0, 0.05) is 24.8 Å². The topological polar surface area (TPSA) is 52.6 Å². The average molecular weight is 380 g/mol. The van der Waals surface area contributed by atoms with Gasteiger partial charge in [0.05, 0.1) is 12.7 Å². The zero-order valence-corrected chi connectivity index (χ0v) is 17.1. The smallest absolute Gasteiger partial charge is 0.337 e. The van der Waals surface area contributed by atoms with E-state index < -0.39 is 5.60 Å². The molecule has 0 radical (unpaired) electrons. The molecular formula is C24H28O4. The van der Waals surface area contributed by atoms with Crippen molar-refractivity contribution in [1.82, 2.24) is 0 Å². The highest BCUT2D eigenvalue weighted by Crippen LogP contribution is 2.46. The summed E-state index contributed by atoms with van der Waals surface area (Å²) in [4.78, 5) is 25.0. The van der Waals surface area contributed by atoms with E-state index in [0.29, 0.717) is 30.6 Å². The van der Waals surface area contributed by atoms with Gasteiger partial charge < -0.3 is 9.47 Å². The van der Waals surface area contributed by atoms with Crippen LogP contribution in [0.15, 0.2) is 64.5 Å². The molecule has 1 unspecified atom stereocenters. The number of methoxy groups -OCH3 is 1. The van der Waals surface area contributed by atoms with Gasteiger partial charge in [0.25, 0.3) is 0 Å². The Kier molecular flexibility index (Phi) is 5.87. The van der Waals surface area contributed by atoms with Crippen molar-refractivity contribution in [3.8, 4) is 0 Å². The molecule has 0 N–H and O–H groups in total. The minimum atomic E-state index is -0.723. The predicted octanol–water partition coefficient (Wildman–Crippen LogP) is 4.85. The largest absolute Gasteiger partial charge is 0.486 e. The first kappa shape index (κ1) is 20.1. The Hall–Kier alpha value is -2.62. The second-order valence-corrected chi connectivity index (χ2v) is 7.46. The van der Waals surface area contributed by atoms with Crippen LogP contribution in [0.3, 0.4) is 0 Å². The summed E-state index contributed by atoms with van der Waals surface area (Å²) in [6.07, 6.45) is 5.09. The number of carbonyl (C=O) groups excluding carboxylic acids is 2. The average Bonchev–Trinajstić information content (AvgIpc) is 3.24. The second kappa shape index (κ2) is 8.17. The van der Waals surface area contributed by atoms with Crippen LogP contribution in [0.5, 0.6) is 0 Å². The third kappa shape index (κ3) is 3.68. The lowest BCUT2D eigenvalue weighted by Gasteiger charge is -2.31. The van der Waals surface area contributed by atoms with Crippen LogP contribution in [0.1, 0.15) is 52.0 Å². The fourth-order valence-electron chi connectivity index (χ4n) is 4.25. The zero-order valence-electron chi connectivity index (χ0n) is 17.1. The molecule has 1 aliphatic heterocycles. The number of esters is 1. The van der Waals surface area contributed by atoms with Crippen molar-refractivity contribution < 1.29 is 19.1 Å². The van der Waals surface area contributed by atoms with Crippen LogP contribution in [-0.4, -0.2) is 24.5 Å². The van der Waals surface area contributed by atoms with Crippen LogP contribution in [0.2, 0.25) is 0 Å². The fraction of sp³-hybridized carbons (Fsp3) is 0.417. The summed E-state index contributed by atoms with van der Waals surface area (Å²) in [6, 6.07) is 10.1. The van der Waals surface area contributed by atoms with Crippen LogP contribution in [-0.2, 0) is 25.5 Å². The minimum Gasteiger partial charge on any atom is -0.486 e. The van der Waals surface area contributed by atoms with Crippen molar-refractivity contribution in [2.24, 2.45) is 0 Å². The van der Waals surface area contributed by atoms with Crippen LogP contribution in [0.4, 0.5) is 0 Å². The number of ether oxygens (including phenoxy) is 2. The molecular weight excluding hydrogens is 352 g/mol. The van der Waals surface area contributed by atoms with E-state index in [1.807, 2.05) is 36.4 Å². The standard InChI is InChI=1S/C24H28O4/c1-5-18(6-2)20-12-19(13-22(20)25)24(14-17-10-8-7-9-11-17)15-21(16(3)28-24)23(26)27-4/h7-12H,5-6,13-15H2,1-4H3. The molecule has 0 aromatic heterocycles. The van der Waals surface area contributed by atoms with Gasteiger partial charge in [0.2, 0.25) is 0 Å². The number of Topliss-reactive ketones (excluding diaryl/α,β-unsaturated/α-hetero) is 1. The van der Waals surface area contributed by atoms with E-state index in [-0.39, 0.29) is 11.8 Å². The molecule has 1 aromatic rings. The zero-order chi connectivity index (χ0) is 20.3. The Morgan fingerprint density at radius 2 is 1.86 bits per heavy atom. The molecule has 1 atom stereocenters. The molecule has 148 valence electrons. The monoisotopic (exact) mass is 380 g/mol. The van der Waals surface area contributed by atoms with Crippen LogP contribution in [0.25, 0.3) is 0 Å². The van der Waals surface area contributed by atoms with E-state index in [0.717, 1.165) is 29.6 Å². The number of rotatable bonds is 6. The maximum Gasteiger partial charge on any atom is 0.337 e. The van der Waals surface area contributed by atoms with E-state index in [4.69, 9.17) is 9.47 Å². The molecule has 3 rings (SSSR count). The maximum absolute atomic E-state index is 12.8. The summed E-state index contributed by atoms with van der Waals surface area (Å²) in [6.45, 7) is 5.96. The normalized spacial score (nSPS) is 21.6. The highest BCUT2D eigenvalue weighted by atomic mass is 16.5. The molecule has 4 heteroatoms. The third-order valence-corrected chi connectivity index (χ3v) is 5.79. The molecule has 0 amide bonds. The first-order valence-corrected chi connectivity index (χ1v) is 9.91. The third-order valence-electron chi connectivity index (χ3n) is 5.79. The lowest BCUT2D eigenvalue weighted by molar-refractivity contribution is -0.136. The van der Waals surface area contributed by atoms with Crippen molar-refractivity contribution in [3.05, 3.63) is 70.0 Å². The second-order valence-electron chi connectivity index (χ2n) is 7.46. The van der Waals surface area contributed by atoms with E-state index in [1.54, 1.807) is 6.92 Å². The minimum absolute atomic E-state index is 0.147. The molecule has 1 aliphatic carbocycles. The first-order valence-electron chi connectivity index (χ1n) is 9.91. The highest BCUT2D eigenvalue weighted by molar-refractivity contribution is 6.04. The van der Waals surface area contributed by atoms with Crippen LogP contribution < -0.4 is 0 Å². The summed E-state index contributed by atoms with van der Waals surface area (Å²) in [5.74, 6) is 0.365. The predicted molar refractivity (Wildman–Crippen MR) is 109 cm³/mol. The Balaban J connectivity index is 2.04. The molecule has 4 nitrogen and oxygen atoms in total. The Bertz CT molecular complexity index is 867. The van der Waals surface area contributed by atoms with Gasteiger partial charge in [-0.25, -0.2) is 4.79 Å². The number of ketones is 1. The van der Waals surface area contributed by atoms with Crippen molar-refractivity contribution in [2.45, 2.75) is 58.5 Å². The van der Waals surface area contributed by atoms with Gasteiger partial charge in [-0.15, -0.1) is 0 Å².